The molecule has 3 nitrogen and oxygen atoms in total. The number of benzene rings is 1. The van der Waals surface area contributed by atoms with Crippen LogP contribution in [0, 0.1) is 23.3 Å². The Hall–Kier alpha value is -1.60. The van der Waals surface area contributed by atoms with E-state index in [1.807, 2.05) is 4.90 Å². The third-order valence-electron chi connectivity index (χ3n) is 4.95. The third-order valence-corrected chi connectivity index (χ3v) is 4.95. The lowest BCUT2D eigenvalue weighted by atomic mass is 10.1. The molecule has 7 heteroatoms. The van der Waals surface area contributed by atoms with Crippen LogP contribution in [-0.4, -0.2) is 50.8 Å². The monoisotopic (exact) mass is 372 g/mol. The van der Waals surface area contributed by atoms with Crippen LogP contribution in [0.5, 0.6) is 0 Å². The smallest absolute Gasteiger partial charge is 0.185 e. The van der Waals surface area contributed by atoms with E-state index < -0.39 is 34.5 Å². The summed E-state index contributed by atoms with van der Waals surface area (Å²) in [5.74, 6) is -5.28. The van der Waals surface area contributed by atoms with Gasteiger partial charge in [0, 0.05) is 32.7 Å². The summed E-state index contributed by atoms with van der Waals surface area (Å²) in [5.41, 5.74) is -1.24. The number of halogens is 4. The van der Waals surface area contributed by atoms with Crippen LogP contribution in [0.1, 0.15) is 31.2 Å². The average Bonchev–Trinajstić information content (AvgIpc) is 2.93. The van der Waals surface area contributed by atoms with Crippen molar-refractivity contribution in [2.75, 3.05) is 50.8 Å². The predicted octanol–water partition coefficient (Wildman–Crippen LogP) is 3.97. The zero-order chi connectivity index (χ0) is 18.5. The molecule has 0 unspecified atom stereocenters. The fourth-order valence-electron chi connectivity index (χ4n) is 3.46. The standard InChI is InChI=1S/C19H24F4N2O/c20-15-14(6-5-7-24-10-12-26-13-11-24)16(21)18(23)19(17(15)22)25-8-3-1-2-4-9-25/h5-6H,1-4,7-13H2. The number of hydrogen-bond donors (Lipinski definition) is 0. The van der Waals surface area contributed by atoms with Crippen molar-refractivity contribution in [3.63, 3.8) is 0 Å². The number of nitrogens with zero attached hydrogens (tertiary/aromatic N) is 2. The predicted molar refractivity (Wildman–Crippen MR) is 93.2 cm³/mol. The minimum absolute atomic E-state index is 0.402. The summed E-state index contributed by atoms with van der Waals surface area (Å²) in [6.45, 7) is 3.88. The van der Waals surface area contributed by atoms with Crippen LogP contribution in [0.15, 0.2) is 6.08 Å². The maximum atomic E-state index is 14.5. The lowest BCUT2D eigenvalue weighted by molar-refractivity contribution is 0.0435. The number of rotatable bonds is 4. The van der Waals surface area contributed by atoms with Gasteiger partial charge in [-0.25, -0.2) is 17.6 Å². The molecule has 2 aliphatic rings. The molecule has 0 radical (unpaired) electrons. The van der Waals surface area contributed by atoms with Gasteiger partial charge in [-0.3, -0.25) is 4.90 Å². The molecule has 0 bridgehead atoms. The van der Waals surface area contributed by atoms with E-state index in [0.717, 1.165) is 31.8 Å². The topological polar surface area (TPSA) is 15.7 Å². The van der Waals surface area contributed by atoms with Crippen molar-refractivity contribution in [3.8, 4) is 0 Å². The SMILES string of the molecule is Fc1c(F)c(N2CCCCCC2)c(F)c(F)c1C=CCN1CCOCC1. The van der Waals surface area contributed by atoms with Gasteiger partial charge in [-0.15, -0.1) is 0 Å². The van der Waals surface area contributed by atoms with E-state index in [4.69, 9.17) is 4.74 Å². The Labute approximate surface area is 151 Å². The van der Waals surface area contributed by atoms with Gasteiger partial charge in [-0.1, -0.05) is 25.0 Å². The van der Waals surface area contributed by atoms with Gasteiger partial charge < -0.3 is 9.64 Å². The van der Waals surface area contributed by atoms with Gasteiger partial charge in [0.15, 0.2) is 23.3 Å². The van der Waals surface area contributed by atoms with E-state index >= 15 is 0 Å². The summed E-state index contributed by atoms with van der Waals surface area (Å²) in [4.78, 5) is 3.46. The molecule has 0 N–H and O–H groups in total. The van der Waals surface area contributed by atoms with Crippen LogP contribution >= 0.6 is 0 Å². The second-order valence-corrected chi connectivity index (χ2v) is 6.73. The number of morpholine rings is 1. The first-order valence-corrected chi connectivity index (χ1v) is 9.17. The molecule has 0 atom stereocenters. The van der Waals surface area contributed by atoms with Crippen molar-refractivity contribution < 1.29 is 22.3 Å². The van der Waals surface area contributed by atoms with Crippen molar-refractivity contribution in [2.24, 2.45) is 0 Å². The molecule has 0 amide bonds. The largest absolute Gasteiger partial charge is 0.379 e. The number of ether oxygens (including phenoxy) is 1. The Morgan fingerprint density at radius 3 is 1.92 bits per heavy atom. The molecule has 2 heterocycles. The van der Waals surface area contributed by atoms with Crippen molar-refractivity contribution in [1.29, 1.82) is 0 Å². The van der Waals surface area contributed by atoms with E-state index in [1.165, 1.54) is 11.0 Å². The average molecular weight is 372 g/mol. The molecule has 2 saturated heterocycles. The van der Waals surface area contributed by atoms with Gasteiger partial charge in [-0.2, -0.15) is 0 Å². The van der Waals surface area contributed by atoms with Crippen LogP contribution in [0.2, 0.25) is 0 Å². The fraction of sp³-hybridized carbons (Fsp3) is 0.579. The van der Waals surface area contributed by atoms with Gasteiger partial charge in [0.2, 0.25) is 0 Å². The normalized spacial score (nSPS) is 19.9. The van der Waals surface area contributed by atoms with Gasteiger partial charge in [0.1, 0.15) is 5.69 Å². The molecule has 1 aromatic carbocycles. The van der Waals surface area contributed by atoms with E-state index in [9.17, 15) is 17.6 Å². The zero-order valence-electron chi connectivity index (χ0n) is 14.7. The maximum absolute atomic E-state index is 14.5. The van der Waals surface area contributed by atoms with Crippen molar-refractivity contribution in [3.05, 3.63) is 34.9 Å². The van der Waals surface area contributed by atoms with E-state index in [1.54, 1.807) is 0 Å². The summed E-state index contributed by atoms with van der Waals surface area (Å²) in [6.07, 6.45) is 6.06. The Kier molecular flexibility index (Phi) is 6.53. The number of anilines is 1. The molecule has 0 spiro atoms. The summed E-state index contributed by atoms with van der Waals surface area (Å²) in [6, 6.07) is 0. The molecule has 2 aliphatic heterocycles. The summed E-state index contributed by atoms with van der Waals surface area (Å²) in [7, 11) is 0. The molecular formula is C19H24F4N2O. The first-order valence-electron chi connectivity index (χ1n) is 9.17. The van der Waals surface area contributed by atoms with Crippen molar-refractivity contribution in [1.82, 2.24) is 4.90 Å². The molecule has 1 aromatic rings. The Morgan fingerprint density at radius 2 is 1.35 bits per heavy atom. The fourth-order valence-corrected chi connectivity index (χ4v) is 3.46. The van der Waals surface area contributed by atoms with Crippen LogP contribution in [-0.2, 0) is 4.74 Å². The third kappa shape index (κ3) is 4.20. The highest BCUT2D eigenvalue weighted by molar-refractivity contribution is 5.60. The molecule has 2 fully saturated rings. The minimum Gasteiger partial charge on any atom is -0.379 e. The highest BCUT2D eigenvalue weighted by atomic mass is 19.2. The Bertz CT molecular complexity index is 622. The summed E-state index contributed by atoms with van der Waals surface area (Å²) >= 11 is 0. The molecule has 0 aliphatic carbocycles. The Balaban J connectivity index is 1.82. The second-order valence-electron chi connectivity index (χ2n) is 6.73. The molecule has 144 valence electrons. The quantitative estimate of drug-likeness (QED) is 0.588. The van der Waals surface area contributed by atoms with E-state index in [2.05, 4.69) is 0 Å². The molecule has 3 rings (SSSR count). The van der Waals surface area contributed by atoms with Crippen LogP contribution in [0.4, 0.5) is 23.2 Å². The van der Waals surface area contributed by atoms with Crippen molar-refractivity contribution >= 4 is 11.8 Å². The second kappa shape index (κ2) is 8.86. The van der Waals surface area contributed by atoms with Gasteiger partial charge in [0.05, 0.1) is 18.8 Å². The summed E-state index contributed by atoms with van der Waals surface area (Å²) < 4.78 is 63.1. The molecule has 0 aromatic heterocycles. The van der Waals surface area contributed by atoms with Crippen molar-refractivity contribution in [2.45, 2.75) is 25.7 Å². The van der Waals surface area contributed by atoms with E-state index in [0.29, 0.717) is 45.9 Å². The maximum Gasteiger partial charge on any atom is 0.185 e. The van der Waals surface area contributed by atoms with Gasteiger partial charge >= 0.3 is 0 Å². The van der Waals surface area contributed by atoms with E-state index in [-0.39, 0.29) is 0 Å². The van der Waals surface area contributed by atoms with Gasteiger partial charge in [0.25, 0.3) is 0 Å². The lowest BCUT2D eigenvalue weighted by Crippen LogP contribution is -2.36. The lowest BCUT2D eigenvalue weighted by Gasteiger charge is -2.25. The number of hydrogen-bond acceptors (Lipinski definition) is 3. The Morgan fingerprint density at radius 1 is 0.769 bits per heavy atom. The van der Waals surface area contributed by atoms with Gasteiger partial charge in [-0.05, 0) is 12.8 Å². The summed E-state index contributed by atoms with van der Waals surface area (Å²) in [5, 5.41) is 0. The van der Waals surface area contributed by atoms with Crippen LogP contribution < -0.4 is 4.90 Å². The minimum atomic E-state index is -1.33. The van der Waals surface area contributed by atoms with Crippen LogP contribution in [0.25, 0.3) is 6.08 Å². The first kappa shape index (κ1) is 19.2. The highest BCUT2D eigenvalue weighted by Crippen LogP contribution is 2.33. The molecule has 26 heavy (non-hydrogen) atoms. The molecular weight excluding hydrogens is 348 g/mol. The first-order chi connectivity index (χ1) is 12.6. The highest BCUT2D eigenvalue weighted by Gasteiger charge is 2.28. The van der Waals surface area contributed by atoms with Crippen LogP contribution in [0.3, 0.4) is 0 Å². The zero-order valence-corrected chi connectivity index (χ0v) is 14.7. The molecule has 0 saturated carbocycles.